The number of thiazole rings is 1. The summed E-state index contributed by atoms with van der Waals surface area (Å²) in [7, 11) is -3.70. The summed E-state index contributed by atoms with van der Waals surface area (Å²) in [5, 5.41) is 8.50. The van der Waals surface area contributed by atoms with E-state index in [1.165, 1.54) is 15.6 Å². The summed E-state index contributed by atoms with van der Waals surface area (Å²) >= 11 is 1.22. The third-order valence-corrected chi connectivity index (χ3v) is 7.48. The SMILES string of the molecule is Cc1noc(C)c1S(=O)(=O)N1CCC(C(=O)Nc2nc(CC(N)=O)cs2)CC1. The van der Waals surface area contributed by atoms with Crippen LogP contribution in [0.1, 0.15) is 30.0 Å². The second-order valence-electron chi connectivity index (χ2n) is 6.61. The number of hydrogen-bond acceptors (Lipinski definition) is 8. The second-order valence-corrected chi connectivity index (χ2v) is 9.34. The van der Waals surface area contributed by atoms with E-state index in [0.717, 1.165) is 0 Å². The normalized spacial score (nSPS) is 16.2. The highest BCUT2D eigenvalue weighted by molar-refractivity contribution is 7.89. The van der Waals surface area contributed by atoms with Crippen LogP contribution in [0, 0.1) is 19.8 Å². The van der Waals surface area contributed by atoms with Crippen LogP contribution in [0.5, 0.6) is 0 Å². The summed E-state index contributed by atoms with van der Waals surface area (Å²) in [4.78, 5) is 27.6. The van der Waals surface area contributed by atoms with Crippen molar-refractivity contribution in [1.29, 1.82) is 0 Å². The summed E-state index contributed by atoms with van der Waals surface area (Å²) in [5.41, 5.74) is 5.96. The maximum absolute atomic E-state index is 12.8. The van der Waals surface area contributed by atoms with Crippen molar-refractivity contribution in [3.8, 4) is 0 Å². The number of hydrogen-bond donors (Lipinski definition) is 2. The zero-order chi connectivity index (χ0) is 20.5. The van der Waals surface area contributed by atoms with Crippen molar-refractivity contribution >= 4 is 38.3 Å². The molecule has 0 unspecified atom stereocenters. The maximum Gasteiger partial charge on any atom is 0.248 e. The van der Waals surface area contributed by atoms with E-state index in [9.17, 15) is 18.0 Å². The van der Waals surface area contributed by atoms with Crippen LogP contribution in [0.25, 0.3) is 0 Å². The highest BCUT2D eigenvalue weighted by Crippen LogP contribution is 2.28. The molecule has 0 aliphatic carbocycles. The molecule has 1 aliphatic rings. The monoisotopic (exact) mass is 427 g/mol. The van der Waals surface area contributed by atoms with Gasteiger partial charge in [0.2, 0.25) is 21.8 Å². The molecule has 2 amide bonds. The number of amides is 2. The van der Waals surface area contributed by atoms with Crippen molar-refractivity contribution in [3.63, 3.8) is 0 Å². The van der Waals surface area contributed by atoms with Crippen LogP contribution in [-0.4, -0.2) is 47.8 Å². The van der Waals surface area contributed by atoms with Gasteiger partial charge >= 0.3 is 0 Å². The number of carbonyl (C=O) groups is 2. The number of sulfonamides is 1. The number of aryl methyl sites for hydroxylation is 2. The van der Waals surface area contributed by atoms with Gasteiger partial charge in [-0.3, -0.25) is 9.59 Å². The molecule has 0 saturated carbocycles. The van der Waals surface area contributed by atoms with Gasteiger partial charge in [0.25, 0.3) is 0 Å². The Morgan fingerprint density at radius 2 is 2.04 bits per heavy atom. The van der Waals surface area contributed by atoms with Crippen LogP contribution in [0.4, 0.5) is 5.13 Å². The van der Waals surface area contributed by atoms with Gasteiger partial charge in [-0.15, -0.1) is 11.3 Å². The molecule has 3 N–H and O–H groups in total. The van der Waals surface area contributed by atoms with Gasteiger partial charge in [0.05, 0.1) is 12.1 Å². The fourth-order valence-electron chi connectivity index (χ4n) is 3.16. The lowest BCUT2D eigenvalue weighted by Gasteiger charge is -2.30. The molecule has 0 bridgehead atoms. The number of carbonyl (C=O) groups excluding carboxylic acids is 2. The molecule has 28 heavy (non-hydrogen) atoms. The first-order chi connectivity index (χ1) is 13.2. The number of anilines is 1. The number of nitrogens with zero attached hydrogens (tertiary/aromatic N) is 3. The zero-order valence-corrected chi connectivity index (χ0v) is 17.1. The van der Waals surface area contributed by atoms with Crippen LogP contribution in [0.3, 0.4) is 0 Å². The Morgan fingerprint density at radius 1 is 1.36 bits per heavy atom. The molecule has 1 fully saturated rings. The first kappa shape index (κ1) is 20.4. The predicted molar refractivity (Wildman–Crippen MR) is 101 cm³/mol. The van der Waals surface area contributed by atoms with Crippen LogP contribution in [0.2, 0.25) is 0 Å². The quantitative estimate of drug-likeness (QED) is 0.693. The number of piperidine rings is 1. The Hall–Kier alpha value is -2.31. The van der Waals surface area contributed by atoms with Crippen LogP contribution < -0.4 is 11.1 Å². The van der Waals surface area contributed by atoms with Crippen molar-refractivity contribution in [2.45, 2.75) is 38.0 Å². The minimum absolute atomic E-state index is 0.0182. The van der Waals surface area contributed by atoms with E-state index in [-0.39, 0.29) is 42.0 Å². The molecule has 2 aromatic rings. The number of nitrogens with one attached hydrogen (secondary N) is 1. The third kappa shape index (κ3) is 4.23. The van der Waals surface area contributed by atoms with Crippen LogP contribution in [-0.2, 0) is 26.0 Å². The summed E-state index contributed by atoms with van der Waals surface area (Å²) in [6.45, 7) is 3.61. The number of primary amides is 1. The van der Waals surface area contributed by atoms with E-state index in [0.29, 0.717) is 29.4 Å². The predicted octanol–water partition coefficient (Wildman–Crippen LogP) is 0.815. The average molecular weight is 428 g/mol. The Balaban J connectivity index is 1.60. The Morgan fingerprint density at radius 3 is 2.61 bits per heavy atom. The Labute approximate surface area is 166 Å². The van der Waals surface area contributed by atoms with Gasteiger partial charge < -0.3 is 15.6 Å². The highest BCUT2D eigenvalue weighted by Gasteiger charge is 2.35. The van der Waals surface area contributed by atoms with Crippen molar-refractivity contribution < 1.29 is 22.5 Å². The van der Waals surface area contributed by atoms with E-state index in [1.807, 2.05) is 0 Å². The smallest absolute Gasteiger partial charge is 0.248 e. The summed E-state index contributed by atoms with van der Waals surface area (Å²) in [6, 6.07) is 0. The summed E-state index contributed by atoms with van der Waals surface area (Å²) in [6.07, 6.45) is 0.812. The van der Waals surface area contributed by atoms with Gasteiger partial charge in [-0.05, 0) is 26.7 Å². The van der Waals surface area contributed by atoms with E-state index in [1.54, 1.807) is 19.2 Å². The standard InChI is InChI=1S/C16H21N5O5S2/c1-9-14(10(2)26-20-9)28(24,25)21-5-3-11(4-6-21)15(23)19-16-18-12(8-27-16)7-13(17)22/h8,11H,3-7H2,1-2H3,(H2,17,22)(H,18,19,23). The minimum atomic E-state index is -3.70. The fourth-order valence-corrected chi connectivity index (χ4v) is 5.64. The van der Waals surface area contributed by atoms with Gasteiger partial charge in [0.15, 0.2) is 10.9 Å². The van der Waals surface area contributed by atoms with E-state index in [2.05, 4.69) is 15.5 Å². The van der Waals surface area contributed by atoms with Gasteiger partial charge in [-0.1, -0.05) is 5.16 Å². The number of aromatic nitrogens is 2. The van der Waals surface area contributed by atoms with Crippen molar-refractivity contribution in [3.05, 3.63) is 22.5 Å². The van der Waals surface area contributed by atoms with E-state index in [4.69, 9.17) is 10.3 Å². The van der Waals surface area contributed by atoms with Crippen molar-refractivity contribution in [2.24, 2.45) is 11.7 Å². The largest absolute Gasteiger partial charge is 0.369 e. The fraction of sp³-hybridized carbons (Fsp3) is 0.500. The molecule has 3 heterocycles. The topological polar surface area (TPSA) is 148 Å². The third-order valence-electron chi connectivity index (χ3n) is 4.53. The Kier molecular flexibility index (Phi) is 5.82. The molecule has 3 rings (SSSR count). The first-order valence-corrected chi connectivity index (χ1v) is 11.0. The van der Waals surface area contributed by atoms with Crippen molar-refractivity contribution in [2.75, 3.05) is 18.4 Å². The molecule has 12 heteroatoms. The molecule has 0 atom stereocenters. The molecule has 1 aliphatic heterocycles. The van der Waals surface area contributed by atoms with E-state index >= 15 is 0 Å². The lowest BCUT2D eigenvalue weighted by molar-refractivity contribution is -0.121. The van der Waals surface area contributed by atoms with Crippen LogP contribution in [0.15, 0.2) is 14.8 Å². The van der Waals surface area contributed by atoms with Gasteiger partial charge in [0.1, 0.15) is 10.6 Å². The summed E-state index contributed by atoms with van der Waals surface area (Å²) in [5.74, 6) is -0.767. The lowest BCUT2D eigenvalue weighted by Crippen LogP contribution is -2.41. The molecule has 2 aromatic heterocycles. The lowest BCUT2D eigenvalue weighted by atomic mass is 9.97. The number of rotatable bonds is 6. The summed E-state index contributed by atoms with van der Waals surface area (Å²) < 4.78 is 32.0. The second kappa shape index (κ2) is 7.97. The maximum atomic E-state index is 12.8. The van der Waals surface area contributed by atoms with Gasteiger partial charge in [-0.25, -0.2) is 13.4 Å². The molecule has 1 saturated heterocycles. The minimum Gasteiger partial charge on any atom is -0.369 e. The zero-order valence-electron chi connectivity index (χ0n) is 15.5. The van der Waals surface area contributed by atoms with Gasteiger partial charge in [-0.2, -0.15) is 4.31 Å². The molecular formula is C16H21N5O5S2. The Bertz CT molecular complexity index is 969. The van der Waals surface area contributed by atoms with Gasteiger partial charge in [0, 0.05) is 24.4 Å². The molecule has 0 aromatic carbocycles. The average Bonchev–Trinajstić information content (AvgIpc) is 3.20. The molecule has 10 nitrogen and oxygen atoms in total. The van der Waals surface area contributed by atoms with E-state index < -0.39 is 15.9 Å². The molecular weight excluding hydrogens is 406 g/mol. The van der Waals surface area contributed by atoms with Crippen molar-refractivity contribution in [1.82, 2.24) is 14.4 Å². The number of nitrogens with two attached hydrogens (primary N) is 1. The molecule has 0 spiro atoms. The highest BCUT2D eigenvalue weighted by atomic mass is 32.2. The van der Waals surface area contributed by atoms with Crippen LogP contribution >= 0.6 is 11.3 Å². The first-order valence-electron chi connectivity index (χ1n) is 8.65. The molecule has 0 radical (unpaired) electrons. The molecule has 152 valence electrons.